The van der Waals surface area contributed by atoms with Gasteiger partial charge in [0.05, 0.1) is 22.8 Å². The molecule has 7 nitrogen and oxygen atoms in total. The van der Waals surface area contributed by atoms with Gasteiger partial charge >= 0.3 is 0 Å². The first kappa shape index (κ1) is 22.1. The highest BCUT2D eigenvalue weighted by atomic mass is 19.1. The van der Waals surface area contributed by atoms with E-state index in [1.54, 1.807) is 11.5 Å². The van der Waals surface area contributed by atoms with E-state index >= 15 is 0 Å². The second-order valence-corrected chi connectivity index (χ2v) is 7.60. The molecule has 35 heavy (non-hydrogen) atoms. The Morgan fingerprint density at radius 1 is 1.00 bits per heavy atom. The molecule has 0 radical (unpaired) electrons. The Kier molecular flexibility index (Phi) is 5.24. The molecule has 0 aliphatic rings. The molecule has 3 heterocycles. The SMILES string of the molecule is Cc1nc2c(C(N)=NC=N)cc(-c3cc(F)ncc3F)cc2n1-c1ccnc2c(F)ccc(F)c12. The van der Waals surface area contributed by atoms with Crippen LogP contribution in [0.3, 0.4) is 0 Å². The first-order valence-corrected chi connectivity index (χ1v) is 10.2. The second kappa shape index (κ2) is 8.28. The Hall–Kier alpha value is -4.67. The van der Waals surface area contributed by atoms with E-state index in [4.69, 9.17) is 11.1 Å². The van der Waals surface area contributed by atoms with Crippen molar-refractivity contribution in [2.75, 3.05) is 0 Å². The van der Waals surface area contributed by atoms with Gasteiger partial charge in [-0.15, -0.1) is 0 Å². The summed E-state index contributed by atoms with van der Waals surface area (Å²) in [5.74, 6) is -2.81. The second-order valence-electron chi connectivity index (χ2n) is 7.60. The van der Waals surface area contributed by atoms with Crippen LogP contribution in [0.15, 0.2) is 53.8 Å². The first-order valence-electron chi connectivity index (χ1n) is 10.2. The van der Waals surface area contributed by atoms with Gasteiger partial charge < -0.3 is 5.73 Å². The zero-order valence-corrected chi connectivity index (χ0v) is 18.0. The molecule has 0 aliphatic heterocycles. The maximum absolute atomic E-state index is 14.9. The summed E-state index contributed by atoms with van der Waals surface area (Å²) in [6.45, 7) is 1.64. The molecule has 0 saturated heterocycles. The number of hydrogen-bond acceptors (Lipinski definition) is 4. The van der Waals surface area contributed by atoms with E-state index in [1.807, 2.05) is 0 Å². The lowest BCUT2D eigenvalue weighted by molar-refractivity contribution is 0.562. The molecule has 5 aromatic rings. The maximum Gasteiger partial charge on any atom is 0.213 e. The van der Waals surface area contributed by atoms with Gasteiger partial charge in [-0.1, -0.05) is 0 Å². The van der Waals surface area contributed by atoms with Crippen molar-refractivity contribution in [1.29, 1.82) is 5.41 Å². The fourth-order valence-electron chi connectivity index (χ4n) is 4.08. The van der Waals surface area contributed by atoms with Gasteiger partial charge in [0.15, 0.2) is 0 Å². The average molecular weight is 477 g/mol. The van der Waals surface area contributed by atoms with E-state index in [-0.39, 0.29) is 39.1 Å². The normalized spacial score (nSPS) is 12.0. The summed E-state index contributed by atoms with van der Waals surface area (Å²) in [5.41, 5.74) is 7.12. The lowest BCUT2D eigenvalue weighted by Crippen LogP contribution is -2.14. The summed E-state index contributed by atoms with van der Waals surface area (Å²) < 4.78 is 59.4. The van der Waals surface area contributed by atoms with Gasteiger partial charge in [-0.25, -0.2) is 28.1 Å². The van der Waals surface area contributed by atoms with Crippen LogP contribution >= 0.6 is 0 Å². The summed E-state index contributed by atoms with van der Waals surface area (Å²) in [6, 6.07) is 7.39. The number of aliphatic imine (C=N–C) groups is 1. The van der Waals surface area contributed by atoms with Crippen LogP contribution in [0.5, 0.6) is 0 Å². The van der Waals surface area contributed by atoms with Crippen LogP contribution in [-0.2, 0) is 0 Å². The van der Waals surface area contributed by atoms with E-state index < -0.39 is 23.4 Å². The Morgan fingerprint density at radius 3 is 2.54 bits per heavy atom. The molecule has 2 aromatic carbocycles. The molecular weight excluding hydrogens is 462 g/mol. The standard InChI is InChI=1S/C24H15F4N7/c1-11-34-22-14(24(30)33-10-29)6-12(13-8-20(28)32-9-17(13)27)7-19(22)35(11)18-4-5-31-23-16(26)3-2-15(25)21(18)23/h2-10H,1H3,(H3,29,30,33). The molecule has 0 amide bonds. The van der Waals surface area contributed by atoms with Gasteiger partial charge in [0.25, 0.3) is 0 Å². The summed E-state index contributed by atoms with van der Waals surface area (Å²) in [7, 11) is 0. The highest BCUT2D eigenvalue weighted by Gasteiger charge is 2.21. The predicted octanol–water partition coefficient (Wildman–Crippen LogP) is 4.81. The Bertz CT molecular complexity index is 1690. The highest BCUT2D eigenvalue weighted by Crippen LogP contribution is 2.34. The van der Waals surface area contributed by atoms with Crippen molar-refractivity contribution in [2.24, 2.45) is 10.7 Å². The number of amidine groups is 1. The minimum Gasteiger partial charge on any atom is -0.383 e. The first-order chi connectivity index (χ1) is 16.8. The highest BCUT2D eigenvalue weighted by molar-refractivity contribution is 6.11. The van der Waals surface area contributed by atoms with Gasteiger partial charge in [0.2, 0.25) is 5.95 Å². The third kappa shape index (κ3) is 3.57. The van der Waals surface area contributed by atoms with Gasteiger partial charge in [-0.3, -0.25) is 15.0 Å². The van der Waals surface area contributed by atoms with Crippen LogP contribution in [0.25, 0.3) is 38.8 Å². The molecule has 0 fully saturated rings. The summed E-state index contributed by atoms with van der Waals surface area (Å²) >= 11 is 0. The number of nitrogens with two attached hydrogens (primary N) is 1. The molecule has 11 heteroatoms. The smallest absolute Gasteiger partial charge is 0.213 e. The zero-order chi connectivity index (χ0) is 24.9. The van der Waals surface area contributed by atoms with Crippen LogP contribution in [0.1, 0.15) is 11.4 Å². The van der Waals surface area contributed by atoms with Crippen LogP contribution in [0, 0.1) is 35.7 Å². The molecule has 0 bridgehead atoms. The number of halogens is 4. The van der Waals surface area contributed by atoms with Crippen molar-refractivity contribution in [3.8, 4) is 16.8 Å². The number of nitrogens with one attached hydrogen (secondary N) is 1. The van der Waals surface area contributed by atoms with Crippen molar-refractivity contribution in [1.82, 2.24) is 19.5 Å². The molecule has 0 aliphatic carbocycles. The summed E-state index contributed by atoms with van der Waals surface area (Å²) in [6.07, 6.45) is 2.82. The van der Waals surface area contributed by atoms with Crippen LogP contribution in [-0.4, -0.2) is 31.7 Å². The van der Waals surface area contributed by atoms with Gasteiger partial charge in [0.1, 0.15) is 46.5 Å². The Labute approximate surface area is 195 Å². The van der Waals surface area contributed by atoms with E-state index in [0.29, 0.717) is 16.9 Å². The van der Waals surface area contributed by atoms with E-state index in [0.717, 1.165) is 30.7 Å². The quantitative estimate of drug-likeness (QED) is 0.168. The number of benzene rings is 2. The molecule has 174 valence electrons. The lowest BCUT2D eigenvalue weighted by atomic mass is 10.0. The minimum atomic E-state index is -0.897. The number of rotatable bonds is 4. The summed E-state index contributed by atoms with van der Waals surface area (Å²) in [4.78, 5) is 15.6. The monoisotopic (exact) mass is 477 g/mol. The third-order valence-electron chi connectivity index (χ3n) is 5.55. The van der Waals surface area contributed by atoms with Crippen molar-refractivity contribution in [3.63, 3.8) is 0 Å². The van der Waals surface area contributed by atoms with Gasteiger partial charge in [-0.05, 0) is 42.8 Å². The molecule has 0 spiro atoms. The van der Waals surface area contributed by atoms with E-state index in [2.05, 4.69) is 19.9 Å². The van der Waals surface area contributed by atoms with Gasteiger partial charge in [-0.2, -0.15) is 4.39 Å². The number of nitrogens with zero attached hydrogens (tertiary/aromatic N) is 5. The number of pyridine rings is 2. The number of hydrogen-bond donors (Lipinski definition) is 2. The van der Waals surface area contributed by atoms with Gasteiger partial charge in [0, 0.05) is 23.4 Å². The number of fused-ring (bicyclic) bond motifs is 2. The van der Waals surface area contributed by atoms with Crippen LogP contribution in [0.2, 0.25) is 0 Å². The maximum atomic E-state index is 14.9. The molecule has 3 aromatic heterocycles. The minimum absolute atomic E-state index is 0.0795. The van der Waals surface area contributed by atoms with Crippen molar-refractivity contribution in [2.45, 2.75) is 6.92 Å². The molecule has 3 N–H and O–H groups in total. The molecule has 0 saturated carbocycles. The van der Waals surface area contributed by atoms with E-state index in [9.17, 15) is 17.6 Å². The lowest BCUT2D eigenvalue weighted by Gasteiger charge is -2.13. The van der Waals surface area contributed by atoms with Crippen LogP contribution in [0.4, 0.5) is 17.6 Å². The van der Waals surface area contributed by atoms with Crippen LogP contribution < -0.4 is 5.73 Å². The fourth-order valence-corrected chi connectivity index (χ4v) is 4.08. The molecule has 5 rings (SSSR count). The molecule has 0 unspecified atom stereocenters. The largest absolute Gasteiger partial charge is 0.383 e. The molecule has 0 atom stereocenters. The van der Waals surface area contributed by atoms with Crippen molar-refractivity contribution < 1.29 is 17.6 Å². The Morgan fingerprint density at radius 2 is 1.77 bits per heavy atom. The molecular formula is C24H15F4N7. The van der Waals surface area contributed by atoms with E-state index in [1.165, 1.54) is 24.4 Å². The Balaban J connectivity index is 1.93. The average Bonchev–Trinajstić information content (AvgIpc) is 3.17. The number of aryl methyl sites for hydroxylation is 1. The third-order valence-corrected chi connectivity index (χ3v) is 5.55. The number of aromatic nitrogens is 4. The fraction of sp³-hybridized carbons (Fsp3) is 0.0417. The van der Waals surface area contributed by atoms with Crippen molar-refractivity contribution >= 4 is 34.1 Å². The topological polar surface area (TPSA) is 106 Å². The summed E-state index contributed by atoms with van der Waals surface area (Å²) in [5, 5.41) is 7.19. The van der Waals surface area contributed by atoms with Crippen molar-refractivity contribution in [3.05, 3.63) is 83.6 Å². The predicted molar refractivity (Wildman–Crippen MR) is 124 cm³/mol. The number of imidazole rings is 1. The zero-order valence-electron chi connectivity index (χ0n) is 18.0.